The molecular formula is C20H26O9. The Hall–Kier alpha value is -2.81. The van der Waals surface area contributed by atoms with E-state index in [1.54, 1.807) is 25.1 Å². The largest absolute Gasteiger partial charge is 0.497 e. The molecule has 9 nitrogen and oxygen atoms in total. The Morgan fingerprint density at radius 1 is 0.828 bits per heavy atom. The molecule has 0 N–H and O–H groups in total. The smallest absolute Gasteiger partial charge is 0.303 e. The number of carbonyl (C=O) groups is 3. The highest BCUT2D eigenvalue weighted by molar-refractivity contribution is 5.68. The van der Waals surface area contributed by atoms with Crippen molar-refractivity contribution in [2.45, 2.75) is 58.2 Å². The van der Waals surface area contributed by atoms with Gasteiger partial charge >= 0.3 is 17.9 Å². The molecule has 0 bridgehead atoms. The molecule has 0 aliphatic carbocycles. The van der Waals surface area contributed by atoms with Crippen molar-refractivity contribution in [3.8, 4) is 11.5 Å². The first kappa shape index (κ1) is 22.5. The van der Waals surface area contributed by atoms with Gasteiger partial charge in [0.25, 0.3) is 0 Å². The summed E-state index contributed by atoms with van der Waals surface area (Å²) in [6, 6.07) is 5.08. The van der Waals surface area contributed by atoms with Gasteiger partial charge in [-0.2, -0.15) is 0 Å². The molecule has 1 aliphatic rings. The number of hydrogen-bond acceptors (Lipinski definition) is 9. The fraction of sp³-hybridized carbons (Fsp3) is 0.550. The molecule has 2 rings (SSSR count). The molecule has 1 saturated heterocycles. The Kier molecular flexibility index (Phi) is 7.44. The van der Waals surface area contributed by atoms with Gasteiger partial charge in [-0.1, -0.05) is 0 Å². The lowest BCUT2D eigenvalue weighted by molar-refractivity contribution is -0.245. The molecular weight excluding hydrogens is 384 g/mol. The topological polar surface area (TPSA) is 107 Å². The van der Waals surface area contributed by atoms with Crippen molar-refractivity contribution in [1.82, 2.24) is 0 Å². The molecule has 0 spiro atoms. The molecule has 1 heterocycles. The van der Waals surface area contributed by atoms with E-state index < -0.39 is 48.4 Å². The highest BCUT2D eigenvalue weighted by Crippen LogP contribution is 2.41. The Labute approximate surface area is 169 Å². The maximum atomic E-state index is 11.8. The van der Waals surface area contributed by atoms with Crippen molar-refractivity contribution in [3.63, 3.8) is 0 Å². The second-order valence-electron chi connectivity index (χ2n) is 6.59. The lowest BCUT2D eigenvalue weighted by Crippen LogP contribution is -2.57. The minimum absolute atomic E-state index is 0.465. The zero-order valence-corrected chi connectivity index (χ0v) is 17.3. The number of hydrogen-bond donors (Lipinski definition) is 0. The fourth-order valence-corrected chi connectivity index (χ4v) is 3.33. The van der Waals surface area contributed by atoms with Crippen LogP contribution in [0.3, 0.4) is 0 Å². The molecule has 0 radical (unpaired) electrons. The van der Waals surface area contributed by atoms with Crippen LogP contribution in [0, 0.1) is 0 Å². The summed E-state index contributed by atoms with van der Waals surface area (Å²) in [4.78, 5) is 35.2. The summed E-state index contributed by atoms with van der Waals surface area (Å²) in [6.45, 7) is 5.35. The molecule has 0 aromatic heterocycles. The van der Waals surface area contributed by atoms with Crippen LogP contribution < -0.4 is 9.47 Å². The number of rotatable bonds is 6. The van der Waals surface area contributed by atoms with Crippen LogP contribution in [0.25, 0.3) is 0 Å². The summed E-state index contributed by atoms with van der Waals surface area (Å²) >= 11 is 0. The summed E-state index contributed by atoms with van der Waals surface area (Å²) in [5.41, 5.74) is 0.531. The van der Waals surface area contributed by atoms with Crippen LogP contribution in [-0.4, -0.2) is 56.5 Å². The summed E-state index contributed by atoms with van der Waals surface area (Å²) in [5, 5.41) is 0. The van der Waals surface area contributed by atoms with E-state index in [2.05, 4.69) is 0 Å². The second kappa shape index (κ2) is 9.60. The lowest BCUT2D eigenvalue weighted by atomic mass is 9.90. The van der Waals surface area contributed by atoms with Crippen molar-refractivity contribution in [1.29, 1.82) is 0 Å². The zero-order valence-electron chi connectivity index (χ0n) is 17.3. The van der Waals surface area contributed by atoms with Gasteiger partial charge < -0.3 is 28.4 Å². The normalized spacial score (nSPS) is 26.2. The van der Waals surface area contributed by atoms with Crippen molar-refractivity contribution < 1.29 is 42.8 Å². The van der Waals surface area contributed by atoms with Gasteiger partial charge in [0.1, 0.15) is 17.6 Å². The maximum Gasteiger partial charge on any atom is 0.303 e. The number of methoxy groups -OCH3 is 2. The average Bonchev–Trinajstić information content (AvgIpc) is 2.65. The number of esters is 3. The van der Waals surface area contributed by atoms with Crippen LogP contribution in [0.15, 0.2) is 18.2 Å². The summed E-state index contributed by atoms with van der Waals surface area (Å²) in [5.74, 6) is -0.812. The Balaban J connectivity index is 2.57. The third-order valence-electron chi connectivity index (χ3n) is 4.42. The molecule has 1 aliphatic heterocycles. The predicted molar refractivity (Wildman–Crippen MR) is 99.5 cm³/mol. The highest BCUT2D eigenvalue weighted by Gasteiger charge is 2.51. The first-order valence-electron chi connectivity index (χ1n) is 9.07. The third-order valence-corrected chi connectivity index (χ3v) is 4.42. The molecule has 1 aromatic rings. The predicted octanol–water partition coefficient (Wildman–Crippen LogP) is 1.96. The van der Waals surface area contributed by atoms with Crippen LogP contribution >= 0.6 is 0 Å². The molecule has 9 heteroatoms. The SMILES string of the molecule is COc1ccc(OC)c([C@H]2O[C@@H](C)[C@H](OC(C)=O)[C@@H](OC(C)=O)[C@H]2OC(C)=O)c1. The van der Waals surface area contributed by atoms with E-state index >= 15 is 0 Å². The second-order valence-corrected chi connectivity index (χ2v) is 6.59. The molecule has 0 unspecified atom stereocenters. The molecule has 29 heavy (non-hydrogen) atoms. The molecule has 0 amide bonds. The van der Waals surface area contributed by atoms with Gasteiger partial charge in [-0.15, -0.1) is 0 Å². The summed E-state index contributed by atoms with van der Waals surface area (Å²) in [7, 11) is 3.00. The van der Waals surface area contributed by atoms with Gasteiger partial charge in [0, 0.05) is 26.3 Å². The van der Waals surface area contributed by atoms with Gasteiger partial charge in [-0.05, 0) is 25.1 Å². The van der Waals surface area contributed by atoms with Crippen LogP contribution in [0.1, 0.15) is 39.4 Å². The van der Waals surface area contributed by atoms with Gasteiger partial charge in [0.2, 0.25) is 0 Å². The highest BCUT2D eigenvalue weighted by atomic mass is 16.6. The van der Waals surface area contributed by atoms with Gasteiger partial charge in [-0.3, -0.25) is 14.4 Å². The van der Waals surface area contributed by atoms with E-state index in [4.69, 9.17) is 28.4 Å². The third kappa shape index (κ3) is 5.38. The fourth-order valence-electron chi connectivity index (χ4n) is 3.33. The first-order valence-corrected chi connectivity index (χ1v) is 9.07. The van der Waals surface area contributed by atoms with Crippen molar-refractivity contribution in [3.05, 3.63) is 23.8 Å². The van der Waals surface area contributed by atoms with E-state index in [0.29, 0.717) is 17.1 Å². The van der Waals surface area contributed by atoms with Crippen molar-refractivity contribution in [2.75, 3.05) is 14.2 Å². The molecule has 1 fully saturated rings. The molecule has 1 aromatic carbocycles. The van der Waals surface area contributed by atoms with Gasteiger partial charge in [0.05, 0.1) is 20.3 Å². The lowest BCUT2D eigenvalue weighted by Gasteiger charge is -2.44. The minimum atomic E-state index is -1.09. The average molecular weight is 410 g/mol. The van der Waals surface area contributed by atoms with Crippen LogP contribution in [0.5, 0.6) is 11.5 Å². The van der Waals surface area contributed by atoms with Crippen LogP contribution in [-0.2, 0) is 33.3 Å². The minimum Gasteiger partial charge on any atom is -0.497 e. The van der Waals surface area contributed by atoms with E-state index in [9.17, 15) is 14.4 Å². The van der Waals surface area contributed by atoms with Gasteiger partial charge in [0.15, 0.2) is 18.3 Å². The summed E-state index contributed by atoms with van der Waals surface area (Å²) in [6.07, 6.45) is -4.66. The maximum absolute atomic E-state index is 11.8. The van der Waals surface area contributed by atoms with E-state index in [1.165, 1.54) is 35.0 Å². The standard InChI is InChI=1S/C20H26O9/c1-10-17(27-11(2)21)19(28-12(3)22)20(29-13(4)23)18(26-10)15-9-14(24-5)7-8-16(15)25-6/h7-10,17-20H,1-6H3/t10-,17-,18+,19+,20-/m0/s1. The van der Waals surface area contributed by atoms with E-state index in [0.717, 1.165) is 0 Å². The van der Waals surface area contributed by atoms with Crippen molar-refractivity contribution >= 4 is 17.9 Å². The molecule has 5 atom stereocenters. The number of carbonyl (C=O) groups excluding carboxylic acids is 3. The summed E-state index contributed by atoms with van der Waals surface area (Å²) < 4.78 is 33.0. The van der Waals surface area contributed by atoms with E-state index in [1.807, 2.05) is 0 Å². The Bertz CT molecular complexity index is 760. The van der Waals surface area contributed by atoms with Gasteiger partial charge in [-0.25, -0.2) is 0 Å². The molecule has 160 valence electrons. The monoisotopic (exact) mass is 410 g/mol. The first-order chi connectivity index (χ1) is 13.7. The Morgan fingerprint density at radius 3 is 1.90 bits per heavy atom. The van der Waals surface area contributed by atoms with E-state index in [-0.39, 0.29) is 0 Å². The number of ether oxygens (including phenoxy) is 6. The zero-order chi connectivity index (χ0) is 21.7. The van der Waals surface area contributed by atoms with Crippen LogP contribution in [0.2, 0.25) is 0 Å². The number of benzene rings is 1. The quantitative estimate of drug-likeness (QED) is 0.514. The van der Waals surface area contributed by atoms with Crippen LogP contribution in [0.4, 0.5) is 0 Å². The molecule has 0 saturated carbocycles. The van der Waals surface area contributed by atoms with Crippen molar-refractivity contribution in [2.24, 2.45) is 0 Å². The Morgan fingerprint density at radius 2 is 1.38 bits per heavy atom.